The van der Waals surface area contributed by atoms with Gasteiger partial charge < -0.3 is 15.4 Å². The van der Waals surface area contributed by atoms with Crippen LogP contribution >= 0.6 is 12.4 Å². The van der Waals surface area contributed by atoms with E-state index in [1.165, 1.54) is 5.56 Å². The number of hydrogen-bond acceptors (Lipinski definition) is 3. The van der Waals surface area contributed by atoms with Gasteiger partial charge in [-0.05, 0) is 38.3 Å². The van der Waals surface area contributed by atoms with Crippen molar-refractivity contribution in [2.24, 2.45) is 11.7 Å². The van der Waals surface area contributed by atoms with Gasteiger partial charge in [0.2, 0.25) is 5.91 Å². The molecule has 5 heteroatoms. The van der Waals surface area contributed by atoms with Crippen molar-refractivity contribution in [2.75, 3.05) is 13.1 Å². The van der Waals surface area contributed by atoms with Crippen LogP contribution in [-0.2, 0) is 4.79 Å². The molecule has 1 aromatic carbocycles. The Morgan fingerprint density at radius 3 is 2.35 bits per heavy atom. The van der Waals surface area contributed by atoms with E-state index in [-0.39, 0.29) is 30.5 Å². The summed E-state index contributed by atoms with van der Waals surface area (Å²) in [7, 11) is 0. The lowest BCUT2D eigenvalue weighted by atomic mass is 10.0. The lowest BCUT2D eigenvalue weighted by Crippen LogP contribution is -2.44. The Bertz CT molecular complexity index is 512. The van der Waals surface area contributed by atoms with Crippen LogP contribution in [-0.4, -0.2) is 36.0 Å². The van der Waals surface area contributed by atoms with E-state index in [1.54, 1.807) is 0 Å². The van der Waals surface area contributed by atoms with Crippen LogP contribution in [0.25, 0.3) is 0 Å². The van der Waals surface area contributed by atoms with E-state index in [0.717, 1.165) is 50.9 Å². The molecule has 1 aliphatic heterocycles. The number of benzene rings is 1. The largest absolute Gasteiger partial charge is 0.490 e. The molecule has 1 heterocycles. The van der Waals surface area contributed by atoms with Crippen molar-refractivity contribution in [3.8, 4) is 5.75 Å². The van der Waals surface area contributed by atoms with Crippen LogP contribution in [0.2, 0.25) is 0 Å². The number of rotatable bonds is 3. The maximum atomic E-state index is 12.5. The summed E-state index contributed by atoms with van der Waals surface area (Å²) in [5.74, 6) is 1.39. The number of piperidine rings is 1. The number of halogens is 1. The molecule has 2 aliphatic rings. The highest BCUT2D eigenvalue weighted by molar-refractivity contribution is 5.85. The second-order valence-electron chi connectivity index (χ2n) is 6.73. The molecule has 1 saturated heterocycles. The number of amides is 1. The third-order valence-corrected chi connectivity index (χ3v) is 4.90. The number of carbonyl (C=O) groups excluding carboxylic acids is 1. The Morgan fingerprint density at radius 2 is 1.78 bits per heavy atom. The first-order valence-corrected chi connectivity index (χ1v) is 8.39. The fourth-order valence-electron chi connectivity index (χ4n) is 3.50. The molecule has 2 fully saturated rings. The minimum Gasteiger partial charge on any atom is -0.490 e. The van der Waals surface area contributed by atoms with Gasteiger partial charge in [-0.2, -0.15) is 0 Å². The van der Waals surface area contributed by atoms with Gasteiger partial charge in [-0.25, -0.2) is 0 Å². The average Bonchev–Trinajstić information content (AvgIpc) is 2.96. The molecule has 2 unspecified atom stereocenters. The van der Waals surface area contributed by atoms with Crippen LogP contribution < -0.4 is 10.5 Å². The molecule has 1 amide bonds. The monoisotopic (exact) mass is 338 g/mol. The predicted molar refractivity (Wildman–Crippen MR) is 94.0 cm³/mol. The van der Waals surface area contributed by atoms with Crippen LogP contribution in [0.15, 0.2) is 24.3 Å². The van der Waals surface area contributed by atoms with Gasteiger partial charge in [0.05, 0.1) is 0 Å². The fourth-order valence-corrected chi connectivity index (χ4v) is 3.50. The number of carbonyl (C=O) groups is 1. The molecule has 1 saturated carbocycles. The molecule has 0 radical (unpaired) electrons. The highest BCUT2D eigenvalue weighted by Gasteiger charge is 2.33. The van der Waals surface area contributed by atoms with Crippen LogP contribution in [0.4, 0.5) is 0 Å². The Kier molecular flexibility index (Phi) is 6.31. The van der Waals surface area contributed by atoms with Crippen LogP contribution in [0.5, 0.6) is 5.75 Å². The van der Waals surface area contributed by atoms with Crippen molar-refractivity contribution in [3.63, 3.8) is 0 Å². The smallest absolute Gasteiger partial charge is 0.225 e. The van der Waals surface area contributed by atoms with Gasteiger partial charge in [-0.1, -0.05) is 17.7 Å². The molecule has 4 nitrogen and oxygen atoms in total. The zero-order chi connectivity index (χ0) is 15.5. The van der Waals surface area contributed by atoms with Gasteiger partial charge in [0.15, 0.2) is 0 Å². The average molecular weight is 339 g/mol. The summed E-state index contributed by atoms with van der Waals surface area (Å²) in [4.78, 5) is 14.5. The lowest BCUT2D eigenvalue weighted by molar-refractivity contribution is -0.137. The number of nitrogens with zero attached hydrogens (tertiary/aromatic N) is 1. The Morgan fingerprint density at radius 1 is 1.13 bits per heavy atom. The first-order chi connectivity index (χ1) is 10.6. The fraction of sp³-hybridized carbons (Fsp3) is 0.611. The van der Waals surface area contributed by atoms with Gasteiger partial charge in [0.1, 0.15) is 11.9 Å². The summed E-state index contributed by atoms with van der Waals surface area (Å²) in [5, 5.41) is 0. The molecule has 1 aromatic rings. The van der Waals surface area contributed by atoms with E-state index in [1.807, 2.05) is 17.0 Å². The van der Waals surface area contributed by atoms with E-state index in [9.17, 15) is 4.79 Å². The molecule has 3 rings (SSSR count). The molecule has 128 valence electrons. The van der Waals surface area contributed by atoms with Crippen molar-refractivity contribution < 1.29 is 9.53 Å². The lowest BCUT2D eigenvalue weighted by Gasteiger charge is -2.33. The maximum Gasteiger partial charge on any atom is 0.225 e. The second-order valence-corrected chi connectivity index (χ2v) is 6.73. The van der Waals surface area contributed by atoms with E-state index in [0.29, 0.717) is 5.91 Å². The molecular weight excluding hydrogens is 312 g/mol. The molecule has 1 aliphatic carbocycles. The van der Waals surface area contributed by atoms with E-state index < -0.39 is 0 Å². The molecular formula is C18H27ClN2O2. The van der Waals surface area contributed by atoms with Gasteiger partial charge in [-0.15, -0.1) is 12.4 Å². The van der Waals surface area contributed by atoms with Crippen molar-refractivity contribution in [2.45, 2.75) is 51.2 Å². The van der Waals surface area contributed by atoms with Crippen LogP contribution in [0.3, 0.4) is 0 Å². The number of aryl methyl sites for hydroxylation is 1. The third-order valence-electron chi connectivity index (χ3n) is 4.90. The Balaban J connectivity index is 0.00000192. The quantitative estimate of drug-likeness (QED) is 0.922. The molecule has 0 bridgehead atoms. The van der Waals surface area contributed by atoms with Crippen molar-refractivity contribution in [1.29, 1.82) is 0 Å². The zero-order valence-electron chi connectivity index (χ0n) is 13.7. The summed E-state index contributed by atoms with van der Waals surface area (Å²) < 4.78 is 6.02. The number of hydrogen-bond donors (Lipinski definition) is 1. The zero-order valence-corrected chi connectivity index (χ0v) is 14.6. The highest BCUT2D eigenvalue weighted by Crippen LogP contribution is 2.28. The normalized spacial score (nSPS) is 25.0. The summed E-state index contributed by atoms with van der Waals surface area (Å²) in [6.45, 7) is 3.69. The standard InChI is InChI=1S/C18H26N2O2.ClH/c1-13-2-6-16(7-3-13)22-17-8-10-20(11-9-17)18(21)14-4-5-15(19)12-14;/h2-3,6-7,14-15,17H,4-5,8-12,19H2,1H3;1H. The number of nitrogens with two attached hydrogens (primary N) is 1. The Hall–Kier alpha value is -1.26. The maximum absolute atomic E-state index is 12.5. The predicted octanol–water partition coefficient (Wildman–Crippen LogP) is 2.91. The van der Waals surface area contributed by atoms with Gasteiger partial charge in [0.25, 0.3) is 0 Å². The summed E-state index contributed by atoms with van der Waals surface area (Å²) in [5.41, 5.74) is 7.16. The van der Waals surface area contributed by atoms with E-state index in [2.05, 4.69) is 19.1 Å². The number of ether oxygens (including phenoxy) is 1. The first kappa shape index (κ1) is 18.1. The molecule has 0 spiro atoms. The van der Waals surface area contributed by atoms with E-state index >= 15 is 0 Å². The first-order valence-electron chi connectivity index (χ1n) is 8.39. The van der Waals surface area contributed by atoms with Crippen molar-refractivity contribution in [1.82, 2.24) is 4.90 Å². The molecule has 23 heavy (non-hydrogen) atoms. The van der Waals surface area contributed by atoms with Crippen LogP contribution in [0.1, 0.15) is 37.7 Å². The van der Waals surface area contributed by atoms with Crippen LogP contribution in [0, 0.1) is 12.8 Å². The summed E-state index contributed by atoms with van der Waals surface area (Å²) >= 11 is 0. The minimum atomic E-state index is 0. The van der Waals surface area contributed by atoms with Crippen molar-refractivity contribution in [3.05, 3.63) is 29.8 Å². The van der Waals surface area contributed by atoms with Gasteiger partial charge >= 0.3 is 0 Å². The Labute approximate surface area is 144 Å². The highest BCUT2D eigenvalue weighted by atomic mass is 35.5. The number of likely N-dealkylation sites (tertiary alicyclic amines) is 1. The second kappa shape index (κ2) is 8.02. The van der Waals surface area contributed by atoms with Gasteiger partial charge in [0, 0.05) is 37.9 Å². The third kappa shape index (κ3) is 4.61. The van der Waals surface area contributed by atoms with Crippen molar-refractivity contribution >= 4 is 18.3 Å². The minimum absolute atomic E-state index is 0. The molecule has 2 N–H and O–H groups in total. The van der Waals surface area contributed by atoms with E-state index in [4.69, 9.17) is 10.5 Å². The molecule has 0 aromatic heterocycles. The molecule has 2 atom stereocenters. The van der Waals surface area contributed by atoms with Gasteiger partial charge in [-0.3, -0.25) is 4.79 Å². The summed E-state index contributed by atoms with van der Waals surface area (Å²) in [6.07, 6.45) is 4.86. The summed E-state index contributed by atoms with van der Waals surface area (Å²) in [6, 6.07) is 8.39. The topological polar surface area (TPSA) is 55.6 Å². The SMILES string of the molecule is Cc1ccc(OC2CCN(C(=O)C3CCC(N)C3)CC2)cc1.Cl.